The van der Waals surface area contributed by atoms with Crippen molar-refractivity contribution in [2.75, 3.05) is 28.7 Å². The molecule has 2 aliphatic heterocycles. The number of alkyl halides is 3. The van der Waals surface area contributed by atoms with E-state index < -0.39 is 23.7 Å². The quantitative estimate of drug-likeness (QED) is 0.793. The number of hydrogen-bond acceptors (Lipinski definition) is 4. The Bertz CT molecular complexity index is 992. The first-order valence-electron chi connectivity index (χ1n) is 9.15. The smallest absolute Gasteiger partial charge is 0.383 e. The number of benzene rings is 1. The van der Waals surface area contributed by atoms with E-state index in [1.165, 1.54) is 11.8 Å². The number of nitrogens with one attached hydrogen (secondary N) is 1. The number of aromatic nitrogens is 1. The van der Waals surface area contributed by atoms with E-state index in [1.807, 2.05) is 12.1 Å². The van der Waals surface area contributed by atoms with Crippen LogP contribution in [0.25, 0.3) is 0 Å². The highest BCUT2D eigenvalue weighted by Crippen LogP contribution is 2.38. The van der Waals surface area contributed by atoms with Crippen LogP contribution >= 0.6 is 0 Å². The summed E-state index contributed by atoms with van der Waals surface area (Å²) in [7, 11) is 1.59. The number of nitrogens with zero attached hydrogens (tertiary/aromatic N) is 3. The molecule has 0 radical (unpaired) electrons. The summed E-state index contributed by atoms with van der Waals surface area (Å²) in [5, 5.41) is 3.25. The summed E-state index contributed by atoms with van der Waals surface area (Å²) in [5.41, 5.74) is 0.636. The number of pyridine rings is 1. The zero-order valence-corrected chi connectivity index (χ0v) is 15.8. The highest BCUT2D eigenvalue weighted by Gasteiger charge is 2.48. The Morgan fingerprint density at radius 1 is 1.17 bits per heavy atom. The van der Waals surface area contributed by atoms with Crippen molar-refractivity contribution in [3.05, 3.63) is 47.7 Å². The molecule has 2 amide bonds. The summed E-state index contributed by atoms with van der Waals surface area (Å²) in [6, 6.07) is 8.07. The second kappa shape index (κ2) is 6.75. The summed E-state index contributed by atoms with van der Waals surface area (Å²) in [5.74, 6) is -1.31. The van der Waals surface area contributed by atoms with Crippen LogP contribution in [0.2, 0.25) is 0 Å². The van der Waals surface area contributed by atoms with E-state index in [0.29, 0.717) is 12.2 Å². The summed E-state index contributed by atoms with van der Waals surface area (Å²) < 4.78 is 39.8. The van der Waals surface area contributed by atoms with Crippen molar-refractivity contribution in [3.63, 3.8) is 0 Å². The number of aryl methyl sites for hydroxylation is 1. The standard InChI is InChI=1S/C20H19F3N4O2/c1-11-7-13(20(21,22)23)9-16(25-11)27-17(28)8-12-10-24-14-5-3-4-6-15(14)26(2)19(29)18(12)27/h3-7,9,12,18,24H,8,10H2,1-2H3. The molecule has 1 aromatic carbocycles. The molecule has 2 aromatic rings. The van der Waals surface area contributed by atoms with E-state index in [1.54, 1.807) is 19.2 Å². The van der Waals surface area contributed by atoms with Crippen LogP contribution in [0.4, 0.5) is 30.4 Å². The van der Waals surface area contributed by atoms with E-state index in [0.717, 1.165) is 22.7 Å². The minimum atomic E-state index is -4.58. The van der Waals surface area contributed by atoms with E-state index in [4.69, 9.17) is 0 Å². The van der Waals surface area contributed by atoms with Crippen molar-refractivity contribution in [1.82, 2.24) is 4.98 Å². The number of fused-ring (bicyclic) bond motifs is 2. The van der Waals surface area contributed by atoms with Gasteiger partial charge in [0.15, 0.2) is 0 Å². The Kier molecular flexibility index (Phi) is 4.48. The van der Waals surface area contributed by atoms with Crippen molar-refractivity contribution in [1.29, 1.82) is 0 Å². The van der Waals surface area contributed by atoms with Crippen LogP contribution in [0.15, 0.2) is 36.4 Å². The first-order valence-corrected chi connectivity index (χ1v) is 9.15. The summed E-state index contributed by atoms with van der Waals surface area (Å²) in [6.45, 7) is 1.78. The van der Waals surface area contributed by atoms with Gasteiger partial charge in [0.25, 0.3) is 0 Å². The highest BCUT2D eigenvalue weighted by molar-refractivity contribution is 6.09. The van der Waals surface area contributed by atoms with Crippen molar-refractivity contribution < 1.29 is 22.8 Å². The molecule has 1 saturated heterocycles. The molecule has 152 valence electrons. The number of halogens is 3. The summed E-state index contributed by atoms with van der Waals surface area (Å²) in [4.78, 5) is 32.8. The van der Waals surface area contributed by atoms with Gasteiger partial charge in [-0.25, -0.2) is 4.98 Å². The molecule has 0 saturated carbocycles. The first-order chi connectivity index (χ1) is 13.7. The van der Waals surface area contributed by atoms with Gasteiger partial charge in [-0.15, -0.1) is 0 Å². The molecule has 6 nitrogen and oxygen atoms in total. The Hall–Kier alpha value is -3.10. The Morgan fingerprint density at radius 3 is 2.62 bits per heavy atom. The van der Waals surface area contributed by atoms with E-state index in [-0.39, 0.29) is 29.8 Å². The van der Waals surface area contributed by atoms with Gasteiger partial charge in [-0.2, -0.15) is 13.2 Å². The number of para-hydroxylation sites is 2. The van der Waals surface area contributed by atoms with Crippen LogP contribution in [0.1, 0.15) is 17.7 Å². The van der Waals surface area contributed by atoms with Crippen molar-refractivity contribution in [2.45, 2.75) is 25.6 Å². The maximum Gasteiger partial charge on any atom is 0.416 e. The molecule has 0 aliphatic carbocycles. The molecule has 2 atom stereocenters. The number of carbonyl (C=O) groups is 2. The predicted octanol–water partition coefficient (Wildman–Crippen LogP) is 3.22. The molecule has 1 N–H and O–H groups in total. The zero-order valence-electron chi connectivity index (χ0n) is 15.8. The van der Waals surface area contributed by atoms with Gasteiger partial charge in [-0.05, 0) is 31.2 Å². The largest absolute Gasteiger partial charge is 0.416 e. The van der Waals surface area contributed by atoms with Crippen LogP contribution < -0.4 is 15.1 Å². The van der Waals surface area contributed by atoms with Crippen LogP contribution in [-0.2, 0) is 15.8 Å². The molecule has 1 aromatic heterocycles. The fourth-order valence-corrected chi connectivity index (χ4v) is 3.98. The topological polar surface area (TPSA) is 65.5 Å². The van der Waals surface area contributed by atoms with Gasteiger partial charge in [0.2, 0.25) is 11.8 Å². The first kappa shape index (κ1) is 19.2. The summed E-state index contributed by atoms with van der Waals surface area (Å²) in [6.07, 6.45) is -4.52. The maximum absolute atomic E-state index is 13.3. The van der Waals surface area contributed by atoms with Gasteiger partial charge in [0.1, 0.15) is 11.9 Å². The average molecular weight is 404 g/mol. The lowest BCUT2D eigenvalue weighted by atomic mass is 9.97. The normalized spacial score (nSPS) is 22.0. The molecular formula is C20H19F3N4O2. The van der Waals surface area contributed by atoms with Crippen molar-refractivity contribution in [2.24, 2.45) is 5.92 Å². The third-order valence-electron chi connectivity index (χ3n) is 5.35. The highest BCUT2D eigenvalue weighted by atomic mass is 19.4. The molecule has 0 spiro atoms. The Labute approximate surface area is 165 Å². The van der Waals surface area contributed by atoms with Crippen molar-refractivity contribution >= 4 is 29.0 Å². The number of hydrogen-bond donors (Lipinski definition) is 1. The number of likely N-dealkylation sites (N-methyl/N-ethyl adjacent to an activating group) is 1. The van der Waals surface area contributed by atoms with E-state index >= 15 is 0 Å². The van der Waals surface area contributed by atoms with Gasteiger partial charge < -0.3 is 10.2 Å². The molecule has 1 fully saturated rings. The van der Waals surface area contributed by atoms with Crippen LogP contribution in [0.3, 0.4) is 0 Å². The molecule has 2 aliphatic rings. The van der Waals surface area contributed by atoms with Crippen LogP contribution in [-0.4, -0.2) is 36.4 Å². The van der Waals surface area contributed by atoms with E-state index in [9.17, 15) is 22.8 Å². The number of carbonyl (C=O) groups excluding carboxylic acids is 2. The lowest BCUT2D eigenvalue weighted by Crippen LogP contribution is -2.50. The van der Waals surface area contributed by atoms with Crippen molar-refractivity contribution in [3.8, 4) is 0 Å². The van der Waals surface area contributed by atoms with Gasteiger partial charge in [0, 0.05) is 31.6 Å². The average Bonchev–Trinajstić information content (AvgIpc) is 2.99. The lowest BCUT2D eigenvalue weighted by molar-refractivity contribution is -0.137. The van der Waals surface area contributed by atoms with E-state index in [2.05, 4.69) is 10.3 Å². The van der Waals surface area contributed by atoms with Crippen LogP contribution in [0, 0.1) is 12.8 Å². The summed E-state index contributed by atoms with van der Waals surface area (Å²) >= 11 is 0. The van der Waals surface area contributed by atoms with Gasteiger partial charge in [0.05, 0.1) is 16.9 Å². The number of anilines is 3. The fraction of sp³-hybridized carbons (Fsp3) is 0.350. The minimum Gasteiger partial charge on any atom is -0.383 e. The fourth-order valence-electron chi connectivity index (χ4n) is 3.98. The van der Waals surface area contributed by atoms with Gasteiger partial charge in [-0.1, -0.05) is 12.1 Å². The molecule has 3 heterocycles. The zero-order chi connectivity index (χ0) is 20.9. The minimum absolute atomic E-state index is 0.0520. The molecule has 29 heavy (non-hydrogen) atoms. The SMILES string of the molecule is Cc1cc(C(F)(F)F)cc(N2C(=O)CC3CNc4ccccc4N(C)C(=O)C32)n1. The third-order valence-corrected chi connectivity index (χ3v) is 5.35. The van der Waals surface area contributed by atoms with Crippen LogP contribution in [0.5, 0.6) is 0 Å². The Morgan fingerprint density at radius 2 is 1.90 bits per heavy atom. The molecule has 4 rings (SSSR count). The van der Waals surface area contributed by atoms with Gasteiger partial charge >= 0.3 is 6.18 Å². The lowest BCUT2D eigenvalue weighted by Gasteiger charge is -2.34. The molecule has 9 heteroatoms. The maximum atomic E-state index is 13.3. The monoisotopic (exact) mass is 404 g/mol. The molecule has 2 unspecified atom stereocenters. The third kappa shape index (κ3) is 3.30. The molecule has 0 bridgehead atoms. The number of amides is 2. The second-order valence-electron chi connectivity index (χ2n) is 7.32. The predicted molar refractivity (Wildman–Crippen MR) is 102 cm³/mol. The van der Waals surface area contributed by atoms with Gasteiger partial charge in [-0.3, -0.25) is 14.5 Å². The molecular weight excluding hydrogens is 385 g/mol. The Balaban J connectivity index is 1.78. The second-order valence-corrected chi connectivity index (χ2v) is 7.32. The number of rotatable bonds is 1.